The van der Waals surface area contributed by atoms with Crippen LogP contribution in [0.2, 0.25) is 0 Å². The van der Waals surface area contributed by atoms with Crippen molar-refractivity contribution in [3.8, 4) is 5.75 Å². The number of rotatable bonds is 35. The van der Waals surface area contributed by atoms with Crippen molar-refractivity contribution in [2.24, 2.45) is 17.1 Å². The second-order valence-corrected chi connectivity index (χ2v) is 21.0. The number of nitrogens with zero attached hydrogens (tertiary/aromatic N) is 1. The van der Waals surface area contributed by atoms with E-state index >= 15 is 0 Å². The Morgan fingerprint density at radius 1 is 0.919 bits per heavy atom. The van der Waals surface area contributed by atoms with Crippen LogP contribution in [0.3, 0.4) is 0 Å². The summed E-state index contributed by atoms with van der Waals surface area (Å²) in [5.74, 6) is -3.81. The third-order valence-corrected chi connectivity index (χ3v) is 12.9. The predicted molar refractivity (Wildman–Crippen MR) is 280 cm³/mol. The van der Waals surface area contributed by atoms with Gasteiger partial charge in [0.1, 0.15) is 30.5 Å². The number of carboxylic acids is 1. The minimum Gasteiger partial charge on any atom is -0.483 e. The first-order valence-electron chi connectivity index (χ1n) is 24.6. The van der Waals surface area contributed by atoms with Crippen molar-refractivity contribution in [3.63, 3.8) is 0 Å². The Kier molecular flexibility index (Phi) is 26.8. The number of carboxylic acid groups (broad SMARTS) is 1. The number of aliphatic carboxylic acids is 1. The molecule has 0 aromatic heterocycles. The first-order valence-corrected chi connectivity index (χ1v) is 25.6. The van der Waals surface area contributed by atoms with Gasteiger partial charge in [-0.05, 0) is 76.3 Å². The van der Waals surface area contributed by atoms with Crippen LogP contribution in [0.1, 0.15) is 106 Å². The number of likely N-dealkylation sites (tertiary alicyclic amines) is 1. The maximum Gasteiger partial charge on any atom is 0.407 e. The van der Waals surface area contributed by atoms with E-state index < -0.39 is 77.3 Å². The van der Waals surface area contributed by atoms with Gasteiger partial charge >= 0.3 is 18.1 Å². The van der Waals surface area contributed by atoms with Gasteiger partial charge in [-0.15, -0.1) is 11.8 Å². The molecule has 0 radical (unpaired) electrons. The molecule has 1 aliphatic heterocycles. The number of ether oxygens (including phenoxy) is 3. The van der Waals surface area contributed by atoms with Crippen molar-refractivity contribution in [1.82, 2.24) is 42.1 Å². The van der Waals surface area contributed by atoms with Crippen molar-refractivity contribution >= 4 is 71.0 Å². The van der Waals surface area contributed by atoms with Gasteiger partial charge in [0.05, 0.1) is 10.9 Å². The Labute approximate surface area is 438 Å². The summed E-state index contributed by atoms with van der Waals surface area (Å²) >= 11 is 1.14. The molecule has 1 aromatic rings. The average Bonchev–Trinajstić information content (AvgIpc) is 3.58. The number of imide groups is 1. The maximum atomic E-state index is 13.7. The zero-order chi connectivity index (χ0) is 55.8. The number of anilines is 1. The molecule has 1 heterocycles. The van der Waals surface area contributed by atoms with Gasteiger partial charge in [0.25, 0.3) is 5.91 Å². The van der Waals surface area contributed by atoms with Crippen LogP contribution in [0.4, 0.5) is 15.3 Å². The summed E-state index contributed by atoms with van der Waals surface area (Å²) in [6, 6.07) is 0.842. The van der Waals surface area contributed by atoms with Crippen LogP contribution in [-0.2, 0) is 49.6 Å². The highest BCUT2D eigenvalue weighted by molar-refractivity contribution is 8.00. The van der Waals surface area contributed by atoms with Crippen LogP contribution in [0, 0.1) is 11.3 Å². The van der Waals surface area contributed by atoms with Crippen LogP contribution >= 0.6 is 11.8 Å². The van der Waals surface area contributed by atoms with E-state index in [1.165, 1.54) is 31.0 Å². The molecule has 74 heavy (non-hydrogen) atoms. The van der Waals surface area contributed by atoms with E-state index in [4.69, 9.17) is 19.9 Å². The molecule has 2 rings (SSSR count). The molecule has 23 nitrogen and oxygen atoms in total. The molecule has 1 aliphatic rings. The van der Waals surface area contributed by atoms with Gasteiger partial charge in [-0.25, -0.2) is 14.4 Å². The number of hydrogen-bond acceptors (Lipinski definition) is 15. The van der Waals surface area contributed by atoms with E-state index in [0.717, 1.165) is 11.8 Å². The minimum atomic E-state index is -1.10. The second kappa shape index (κ2) is 31.2. The number of alkyl carbamates (subject to hydrolysis) is 1. The fraction of sp³-hybridized carbons (Fsp3) is 0.620. The topological polar surface area (TPSA) is 327 Å². The van der Waals surface area contributed by atoms with Gasteiger partial charge in [0.2, 0.25) is 29.5 Å². The molecular weight excluding hydrogens is 981 g/mol. The van der Waals surface area contributed by atoms with Crippen molar-refractivity contribution in [2.45, 2.75) is 136 Å². The monoisotopic (exact) mass is 1060 g/mol. The number of carbonyl (C=O) groups excluding carboxylic acids is 8. The van der Waals surface area contributed by atoms with Crippen LogP contribution in [0.15, 0.2) is 42.8 Å². The van der Waals surface area contributed by atoms with E-state index in [1.54, 1.807) is 26.8 Å². The second-order valence-electron chi connectivity index (χ2n) is 19.8. The Morgan fingerprint density at radius 2 is 1.61 bits per heavy atom. The van der Waals surface area contributed by atoms with Crippen molar-refractivity contribution in [1.29, 1.82) is 0 Å². The normalized spacial score (nSPS) is 14.7. The van der Waals surface area contributed by atoms with Gasteiger partial charge in [0.15, 0.2) is 6.61 Å². The number of hydrogen-bond donors (Lipinski definition) is 10. The summed E-state index contributed by atoms with van der Waals surface area (Å²) in [5, 5.41) is 30.6. The number of carbonyl (C=O) groups is 9. The molecule has 11 N–H and O–H groups in total. The predicted octanol–water partition coefficient (Wildman–Crippen LogP) is 2.99. The number of thioether (sulfide) groups is 1. The average molecular weight is 1060 g/mol. The lowest BCUT2D eigenvalue weighted by Gasteiger charge is -2.30. The molecule has 0 bridgehead atoms. The summed E-state index contributed by atoms with van der Waals surface area (Å²) in [4.78, 5) is 113. The first kappa shape index (κ1) is 63.6. The Morgan fingerprint density at radius 3 is 2.23 bits per heavy atom. The summed E-state index contributed by atoms with van der Waals surface area (Å²) in [6.45, 7) is 23.3. The fourth-order valence-electron chi connectivity index (χ4n) is 7.24. The number of benzene rings is 1. The molecule has 0 spiro atoms. The van der Waals surface area contributed by atoms with Crippen molar-refractivity contribution in [3.05, 3.63) is 48.3 Å². The number of primary amides is 1. The van der Waals surface area contributed by atoms with Crippen molar-refractivity contribution < 1.29 is 62.5 Å². The number of urea groups is 1. The highest BCUT2D eigenvalue weighted by Crippen LogP contribution is 2.28. The molecule has 2 unspecified atom stereocenters. The molecule has 1 fully saturated rings. The molecule has 1 aromatic carbocycles. The summed E-state index contributed by atoms with van der Waals surface area (Å²) < 4.78 is 17.4. The quantitative estimate of drug-likeness (QED) is 0.0345. The van der Waals surface area contributed by atoms with E-state index in [0.29, 0.717) is 62.3 Å². The third kappa shape index (κ3) is 24.4. The lowest BCUT2D eigenvalue weighted by Crippen LogP contribution is -2.54. The SMILES string of the molecule is C=C(C)N[C@@H](CSC1CC(=O)N(CCC(=C)NCC(C)(C)CCOC(C)(C)CCCNC(=O)COc2cc(NC(=O)[C@H](CCCNC(N)=O)NC(=O)C(NC(C)=O)C(C)C)ccc2COC(=O)NC)C1=O)C(=O)O. The van der Waals surface area contributed by atoms with Gasteiger partial charge in [-0.1, -0.05) is 40.9 Å². The van der Waals surface area contributed by atoms with Crippen LogP contribution in [0.5, 0.6) is 5.75 Å². The molecule has 4 atom stereocenters. The standard InChI is InChI=1S/C50H80N10O13S/c1-30(2)42(57-33(6)61)44(65)59-36(14-12-20-54-47(51)69)43(64)58-35-16-15-34(26-72-48(70)52-11)38(24-35)71-27-40(62)53-21-13-18-50(9,10)73-23-19-49(7,8)29-55-32(5)17-22-60-41(63)25-39(45(60)66)74-28-37(46(67)68)56-31(3)4/h15-16,24,30,36-37,39,42,55-56H,3,5,12-14,17-23,25-29H2,1-2,4,6-11H3,(H,52,70)(H,53,62)(H,57,61)(H,58,64)(H,59,65)(H,67,68)(H3,51,54,69)/t36-,37-,39?,42?/m0/s1. The lowest BCUT2D eigenvalue weighted by molar-refractivity contribution is -0.139. The number of amides is 9. The molecule has 414 valence electrons. The van der Waals surface area contributed by atoms with E-state index in [1.807, 2.05) is 13.8 Å². The highest BCUT2D eigenvalue weighted by atomic mass is 32.2. The molecule has 24 heteroatoms. The Hall–Kier alpha value is -6.56. The summed E-state index contributed by atoms with van der Waals surface area (Å²) in [6.07, 6.45) is 1.96. The van der Waals surface area contributed by atoms with Crippen molar-refractivity contribution in [2.75, 3.05) is 57.5 Å². The number of nitrogens with two attached hydrogens (primary N) is 1. The minimum absolute atomic E-state index is 0.0124. The third-order valence-electron chi connectivity index (χ3n) is 11.6. The largest absolute Gasteiger partial charge is 0.483 e. The number of allylic oxidation sites excluding steroid dienone is 1. The summed E-state index contributed by atoms with van der Waals surface area (Å²) in [5.41, 5.74) is 6.25. The Bertz CT molecular complexity index is 2150. The maximum absolute atomic E-state index is 13.7. The molecule has 1 saturated heterocycles. The van der Waals surface area contributed by atoms with Crippen LogP contribution in [-0.4, -0.2) is 145 Å². The highest BCUT2D eigenvalue weighted by Gasteiger charge is 2.39. The van der Waals surface area contributed by atoms with Gasteiger partial charge in [-0.2, -0.15) is 0 Å². The van der Waals surface area contributed by atoms with Gasteiger partial charge in [-0.3, -0.25) is 33.7 Å². The number of nitrogens with one attached hydrogen (secondary N) is 8. The molecule has 0 saturated carbocycles. The molecule has 9 amide bonds. The van der Waals surface area contributed by atoms with E-state index in [9.17, 15) is 48.3 Å². The first-order chi connectivity index (χ1) is 34.6. The van der Waals surface area contributed by atoms with E-state index in [2.05, 4.69) is 69.5 Å². The van der Waals surface area contributed by atoms with Gasteiger partial charge < -0.3 is 67.6 Å². The molecular formula is C50H80N10O13S. The van der Waals surface area contributed by atoms with Gasteiger partial charge in [0, 0.05) is 94.1 Å². The smallest absolute Gasteiger partial charge is 0.407 e. The zero-order valence-electron chi connectivity index (χ0n) is 44.4. The zero-order valence-corrected chi connectivity index (χ0v) is 45.2. The Balaban J connectivity index is 1.90. The fourth-order valence-corrected chi connectivity index (χ4v) is 8.42. The van der Waals surface area contributed by atoms with Crippen LogP contribution in [0.25, 0.3) is 0 Å². The molecule has 0 aliphatic carbocycles. The summed E-state index contributed by atoms with van der Waals surface area (Å²) in [7, 11) is 1.40. The van der Waals surface area contributed by atoms with Crippen LogP contribution < -0.4 is 53.0 Å². The lowest BCUT2D eigenvalue weighted by atomic mass is 9.89. The van der Waals surface area contributed by atoms with E-state index in [-0.39, 0.29) is 79.3 Å².